The van der Waals surface area contributed by atoms with Crippen molar-refractivity contribution in [1.82, 2.24) is 46.0 Å². The maximum atomic E-state index is 13.2. The molecular formula is C24H31N9O8S2. The zero-order chi connectivity index (χ0) is 31.7. The third-order valence-electron chi connectivity index (χ3n) is 6.19. The van der Waals surface area contributed by atoms with Crippen LogP contribution < -0.4 is 16.0 Å². The van der Waals surface area contributed by atoms with Crippen LogP contribution in [0.15, 0.2) is 40.7 Å². The number of thioether (sulfide) groups is 1. The summed E-state index contributed by atoms with van der Waals surface area (Å²) >= 11 is 5.35. The maximum Gasteiger partial charge on any atom is 0.352 e. The minimum Gasteiger partial charge on any atom is -0.508 e. The number of nitrogens with one attached hydrogen (secondary N) is 3. The van der Waals surface area contributed by atoms with Crippen LogP contribution in [0.3, 0.4) is 0 Å². The van der Waals surface area contributed by atoms with Crippen LogP contribution in [-0.2, 0) is 26.2 Å². The van der Waals surface area contributed by atoms with Gasteiger partial charge >= 0.3 is 23.8 Å². The van der Waals surface area contributed by atoms with Crippen LogP contribution in [0, 0.1) is 0 Å². The number of benzene rings is 1. The molecule has 0 bridgehead atoms. The Morgan fingerprint density at radius 1 is 1.12 bits per heavy atom. The molecule has 3 rings (SSSR count). The fraction of sp³-hybridized carbons (Fsp3) is 0.417. The molecule has 1 unspecified atom stereocenters. The number of aliphatic hydroxyl groups is 1. The van der Waals surface area contributed by atoms with Crippen LogP contribution in [0.2, 0.25) is 0 Å². The lowest BCUT2D eigenvalue weighted by molar-refractivity contribution is -0.153. The number of carboxylic acids is 1. The molecule has 0 radical (unpaired) electrons. The molecule has 1 aliphatic heterocycles. The predicted molar refractivity (Wildman–Crippen MR) is 154 cm³/mol. The van der Waals surface area contributed by atoms with Crippen molar-refractivity contribution >= 4 is 54.1 Å². The Morgan fingerprint density at radius 3 is 2.40 bits per heavy atom. The smallest absolute Gasteiger partial charge is 0.352 e. The summed E-state index contributed by atoms with van der Waals surface area (Å²) in [5.41, 5.74) is 0.193. The van der Waals surface area contributed by atoms with Crippen molar-refractivity contribution in [3.05, 3.63) is 41.1 Å². The van der Waals surface area contributed by atoms with E-state index < -0.39 is 48.5 Å². The molecule has 232 valence electrons. The summed E-state index contributed by atoms with van der Waals surface area (Å²) in [5.74, 6) is -4.04. The normalized spacial score (nSPS) is 15.4. The third-order valence-corrected chi connectivity index (χ3v) is 7.67. The number of amides is 5. The number of phenols is 1. The van der Waals surface area contributed by atoms with Crippen molar-refractivity contribution < 1.29 is 39.3 Å². The Labute approximate surface area is 255 Å². The molecular weight excluding hydrogens is 606 g/mol. The number of hydrogen-bond donors (Lipinski definition) is 7. The lowest BCUT2D eigenvalue weighted by Gasteiger charge is -2.32. The maximum absolute atomic E-state index is 13.2. The van der Waals surface area contributed by atoms with Crippen molar-refractivity contribution in [2.24, 2.45) is 7.05 Å². The molecule has 17 nitrogen and oxygen atoms in total. The Bertz CT molecular complexity index is 1390. The van der Waals surface area contributed by atoms with Gasteiger partial charge in [-0.25, -0.2) is 14.3 Å². The second-order valence-electron chi connectivity index (χ2n) is 9.04. The number of thiol groups is 1. The first kappa shape index (κ1) is 33.1. The number of likely N-dealkylation sites (N-methyl/N-ethyl adjacent to an activating group) is 1. The molecule has 1 aliphatic rings. The number of imide groups is 1. The molecule has 19 heteroatoms. The fourth-order valence-electron chi connectivity index (χ4n) is 3.86. The number of rotatable bonds is 13. The van der Waals surface area contributed by atoms with Crippen LogP contribution in [-0.4, -0.2) is 119 Å². The number of phenolic OH excluding ortho intramolecular Hbond substituents is 1. The summed E-state index contributed by atoms with van der Waals surface area (Å²) < 4.78 is 1.40. The monoisotopic (exact) mass is 637 g/mol. The molecule has 1 fully saturated rings. The van der Waals surface area contributed by atoms with Crippen molar-refractivity contribution in [2.75, 3.05) is 37.7 Å². The third kappa shape index (κ3) is 8.58. The number of piperazine rings is 1. The Morgan fingerprint density at radius 2 is 1.81 bits per heavy atom. The molecule has 2 heterocycles. The zero-order valence-corrected chi connectivity index (χ0v) is 24.8. The van der Waals surface area contributed by atoms with Gasteiger partial charge in [0.15, 0.2) is 0 Å². The standard InChI is InChI=1S/C24H31N9O8S2/c1-3-32-8-9-33(21(38)20(32)37)23(41)27-17(13-4-6-15(34)7-5-13)19(36)25-10-16(35)26-18(22(39)40)14(11-42)12-43-24-28-29-30-31(24)2/h4-7,16-17,26,34-35,42H,3,8-12H2,1-2H3,(H,25,36)(H,27,41)(H,39,40)/b18-14+/t16?,17-/m1/s1. The zero-order valence-electron chi connectivity index (χ0n) is 23.1. The topological polar surface area (TPSA) is 232 Å². The summed E-state index contributed by atoms with van der Waals surface area (Å²) in [4.78, 5) is 64.8. The van der Waals surface area contributed by atoms with E-state index >= 15 is 0 Å². The van der Waals surface area contributed by atoms with Gasteiger partial charge in [0.1, 0.15) is 23.7 Å². The van der Waals surface area contributed by atoms with Gasteiger partial charge in [-0.15, -0.1) is 5.10 Å². The molecule has 2 atom stereocenters. The SMILES string of the molecule is CCN1CCN(C(=O)N[C@@H](C(=O)NCC(O)N/C(C(=O)O)=C(\CS)CSc2nnnn2C)c2ccc(O)cc2)C(=O)C1=O. The van der Waals surface area contributed by atoms with Crippen molar-refractivity contribution in [3.63, 3.8) is 0 Å². The van der Waals surface area contributed by atoms with Crippen LogP contribution >= 0.6 is 24.4 Å². The summed E-state index contributed by atoms with van der Waals surface area (Å²) in [6, 6.07) is 2.89. The van der Waals surface area contributed by atoms with Crippen LogP contribution in [0.4, 0.5) is 4.79 Å². The number of aliphatic hydroxyl groups excluding tert-OH is 1. The van der Waals surface area contributed by atoms with Gasteiger partial charge in [-0.1, -0.05) is 23.9 Å². The van der Waals surface area contributed by atoms with Gasteiger partial charge in [0.25, 0.3) is 0 Å². The van der Waals surface area contributed by atoms with E-state index in [-0.39, 0.29) is 41.6 Å². The summed E-state index contributed by atoms with van der Waals surface area (Å²) in [5, 5.41) is 48.7. The fourth-order valence-corrected chi connectivity index (χ4v) is 5.15. The second kappa shape index (κ2) is 15.2. The summed E-state index contributed by atoms with van der Waals surface area (Å²) in [7, 11) is 1.62. The first-order valence-corrected chi connectivity index (χ1v) is 14.4. The number of nitrogens with zero attached hydrogens (tertiary/aromatic N) is 6. The molecule has 1 aromatic heterocycles. The van der Waals surface area contributed by atoms with Gasteiger partial charge in [0.2, 0.25) is 11.1 Å². The van der Waals surface area contributed by atoms with Crippen molar-refractivity contribution in [1.29, 1.82) is 0 Å². The van der Waals surface area contributed by atoms with Gasteiger partial charge in [-0.2, -0.15) is 12.6 Å². The lowest BCUT2D eigenvalue weighted by atomic mass is 10.1. The Balaban J connectivity index is 1.70. The average molecular weight is 638 g/mol. The van der Waals surface area contributed by atoms with Gasteiger partial charge < -0.3 is 36.2 Å². The van der Waals surface area contributed by atoms with Gasteiger partial charge in [-0.3, -0.25) is 19.3 Å². The molecule has 5 amide bonds. The first-order valence-electron chi connectivity index (χ1n) is 12.8. The van der Waals surface area contributed by atoms with Crippen LogP contribution in [0.25, 0.3) is 0 Å². The molecule has 0 saturated carbocycles. The molecule has 1 aromatic carbocycles. The number of tetrazole rings is 1. The highest BCUT2D eigenvalue weighted by molar-refractivity contribution is 7.99. The van der Waals surface area contributed by atoms with E-state index in [0.717, 1.165) is 11.8 Å². The quantitative estimate of drug-likeness (QED) is 0.0434. The molecule has 1 saturated heterocycles. The molecule has 0 aliphatic carbocycles. The number of aryl methyl sites for hydroxylation is 1. The highest BCUT2D eigenvalue weighted by atomic mass is 32.2. The van der Waals surface area contributed by atoms with Gasteiger partial charge in [0.05, 0.1) is 6.54 Å². The first-order chi connectivity index (χ1) is 20.5. The highest BCUT2D eigenvalue weighted by Crippen LogP contribution is 2.20. The summed E-state index contributed by atoms with van der Waals surface area (Å²) in [6.45, 7) is 1.54. The number of carbonyl (C=O) groups excluding carboxylic acids is 4. The predicted octanol–water partition coefficient (Wildman–Crippen LogP) is -1.56. The van der Waals surface area contributed by atoms with E-state index in [1.807, 2.05) is 0 Å². The van der Waals surface area contributed by atoms with Crippen molar-refractivity contribution in [2.45, 2.75) is 24.3 Å². The minimum atomic E-state index is -1.58. The number of carbonyl (C=O) groups is 5. The number of aliphatic carboxylic acids is 1. The Kier molecular flexibility index (Phi) is 11.7. The van der Waals surface area contributed by atoms with E-state index in [4.69, 9.17) is 0 Å². The van der Waals surface area contributed by atoms with E-state index in [1.54, 1.807) is 14.0 Å². The van der Waals surface area contributed by atoms with Gasteiger partial charge in [0, 0.05) is 38.2 Å². The number of aromatic hydroxyl groups is 1. The lowest BCUT2D eigenvalue weighted by Crippen LogP contribution is -2.59. The molecule has 43 heavy (non-hydrogen) atoms. The number of carboxylic acid groups (broad SMARTS) is 1. The van der Waals surface area contributed by atoms with E-state index in [0.29, 0.717) is 22.2 Å². The molecule has 6 N–H and O–H groups in total. The second-order valence-corrected chi connectivity index (χ2v) is 10.3. The van der Waals surface area contributed by atoms with Crippen LogP contribution in [0.5, 0.6) is 5.75 Å². The Hall–Kier alpha value is -4.36. The number of urea groups is 1. The van der Waals surface area contributed by atoms with E-state index in [2.05, 4.69) is 44.1 Å². The number of aromatic nitrogens is 4. The number of hydrogen-bond acceptors (Lipinski definition) is 13. The molecule has 2 aromatic rings. The minimum absolute atomic E-state index is 0.0225. The van der Waals surface area contributed by atoms with Crippen LogP contribution in [0.1, 0.15) is 18.5 Å². The highest BCUT2D eigenvalue weighted by Gasteiger charge is 2.37. The summed E-state index contributed by atoms with van der Waals surface area (Å²) in [6.07, 6.45) is -1.58. The van der Waals surface area contributed by atoms with E-state index in [1.165, 1.54) is 33.8 Å². The van der Waals surface area contributed by atoms with E-state index in [9.17, 15) is 39.3 Å². The average Bonchev–Trinajstić information content (AvgIpc) is 3.40. The van der Waals surface area contributed by atoms with Gasteiger partial charge in [-0.05, 0) is 40.6 Å². The molecule has 0 spiro atoms. The van der Waals surface area contributed by atoms with Crippen molar-refractivity contribution in [3.8, 4) is 5.75 Å². The largest absolute Gasteiger partial charge is 0.508 e.